The van der Waals surface area contributed by atoms with Crippen molar-refractivity contribution in [2.45, 2.75) is 12.6 Å². The maximum atomic E-state index is 9.72. The monoisotopic (exact) mass is 289 g/mol. The lowest BCUT2D eigenvalue weighted by Crippen LogP contribution is -2.30. The molecule has 4 nitrogen and oxygen atoms in total. The molecule has 2 unspecified atom stereocenters. The molecule has 1 fully saturated rings. The van der Waals surface area contributed by atoms with Crippen LogP contribution in [0.5, 0.6) is 0 Å². The summed E-state index contributed by atoms with van der Waals surface area (Å²) in [6, 6.07) is 10.2. The van der Waals surface area contributed by atoms with Gasteiger partial charge >= 0.3 is 0 Å². The van der Waals surface area contributed by atoms with E-state index in [4.69, 9.17) is 0 Å². The zero-order valence-corrected chi connectivity index (χ0v) is 12.1. The quantitative estimate of drug-likeness (QED) is 0.780. The lowest BCUT2D eigenvalue weighted by Gasteiger charge is -2.13. The molecule has 0 amide bonds. The van der Waals surface area contributed by atoms with Crippen LogP contribution in [-0.2, 0) is 6.54 Å². The highest BCUT2D eigenvalue weighted by molar-refractivity contribution is 7.09. The van der Waals surface area contributed by atoms with Crippen molar-refractivity contribution in [1.29, 1.82) is 0 Å². The molecule has 1 aliphatic heterocycles. The number of hydrogen-bond acceptors (Lipinski definition) is 5. The average molecular weight is 289 g/mol. The zero-order chi connectivity index (χ0) is 13.8. The van der Waals surface area contributed by atoms with E-state index < -0.39 is 0 Å². The van der Waals surface area contributed by atoms with Gasteiger partial charge in [0.15, 0.2) is 0 Å². The first-order valence-electron chi connectivity index (χ1n) is 6.92. The van der Waals surface area contributed by atoms with E-state index in [0.29, 0.717) is 12.5 Å². The Labute approximate surface area is 122 Å². The molecule has 0 radical (unpaired) electrons. The van der Waals surface area contributed by atoms with Crippen LogP contribution in [0.25, 0.3) is 11.3 Å². The van der Waals surface area contributed by atoms with E-state index in [1.54, 1.807) is 11.3 Å². The fraction of sp³-hybridized carbons (Fsp3) is 0.400. The molecule has 2 atom stereocenters. The molecule has 106 valence electrons. The molecule has 2 heterocycles. The first kappa shape index (κ1) is 13.7. The Morgan fingerprint density at radius 3 is 2.90 bits per heavy atom. The van der Waals surface area contributed by atoms with Crippen molar-refractivity contribution in [2.75, 3.05) is 19.6 Å². The number of rotatable bonds is 5. The molecule has 0 aliphatic carbocycles. The van der Waals surface area contributed by atoms with Gasteiger partial charge < -0.3 is 15.7 Å². The van der Waals surface area contributed by atoms with Gasteiger partial charge in [0.1, 0.15) is 5.01 Å². The number of nitrogens with zero attached hydrogens (tertiary/aromatic N) is 1. The van der Waals surface area contributed by atoms with Gasteiger partial charge in [0.2, 0.25) is 0 Å². The normalized spacial score (nSPS) is 22.2. The second kappa shape index (κ2) is 6.45. The largest absolute Gasteiger partial charge is 0.391 e. The number of benzene rings is 1. The summed E-state index contributed by atoms with van der Waals surface area (Å²) >= 11 is 1.68. The Kier molecular flexibility index (Phi) is 4.42. The number of nitrogens with one attached hydrogen (secondary N) is 2. The van der Waals surface area contributed by atoms with E-state index in [0.717, 1.165) is 35.9 Å². The second-order valence-corrected chi connectivity index (χ2v) is 6.05. The van der Waals surface area contributed by atoms with Crippen molar-refractivity contribution in [1.82, 2.24) is 15.6 Å². The van der Waals surface area contributed by atoms with E-state index in [-0.39, 0.29) is 6.10 Å². The topological polar surface area (TPSA) is 57.2 Å². The summed E-state index contributed by atoms with van der Waals surface area (Å²) in [5, 5.41) is 19.5. The highest BCUT2D eigenvalue weighted by Gasteiger charge is 2.24. The minimum Gasteiger partial charge on any atom is -0.391 e. The summed E-state index contributed by atoms with van der Waals surface area (Å²) in [5.41, 5.74) is 2.19. The van der Waals surface area contributed by atoms with Crippen LogP contribution in [-0.4, -0.2) is 35.8 Å². The molecule has 0 bridgehead atoms. The van der Waals surface area contributed by atoms with Crippen LogP contribution in [0.3, 0.4) is 0 Å². The van der Waals surface area contributed by atoms with Crippen LogP contribution in [0.1, 0.15) is 5.01 Å². The van der Waals surface area contributed by atoms with Crippen molar-refractivity contribution in [2.24, 2.45) is 5.92 Å². The number of aromatic nitrogens is 1. The van der Waals surface area contributed by atoms with Gasteiger partial charge in [0.05, 0.1) is 11.8 Å². The van der Waals surface area contributed by atoms with Crippen LogP contribution >= 0.6 is 11.3 Å². The third-order valence-electron chi connectivity index (χ3n) is 3.61. The first-order chi connectivity index (χ1) is 9.83. The van der Waals surface area contributed by atoms with Gasteiger partial charge in [-0.3, -0.25) is 0 Å². The lowest BCUT2D eigenvalue weighted by molar-refractivity contribution is 0.146. The molecule has 1 aromatic carbocycles. The molecule has 0 spiro atoms. The number of thiazole rings is 1. The summed E-state index contributed by atoms with van der Waals surface area (Å²) in [5.74, 6) is 0.309. The summed E-state index contributed by atoms with van der Waals surface area (Å²) in [6.45, 7) is 3.19. The summed E-state index contributed by atoms with van der Waals surface area (Å²) in [4.78, 5) is 4.64. The maximum absolute atomic E-state index is 9.72. The third-order valence-corrected chi connectivity index (χ3v) is 4.46. The Hall–Kier alpha value is -1.27. The Morgan fingerprint density at radius 2 is 2.15 bits per heavy atom. The van der Waals surface area contributed by atoms with Crippen molar-refractivity contribution in [3.05, 3.63) is 40.7 Å². The number of aliphatic hydroxyl groups is 1. The van der Waals surface area contributed by atoms with Crippen molar-refractivity contribution in [3.63, 3.8) is 0 Å². The van der Waals surface area contributed by atoms with E-state index in [9.17, 15) is 5.11 Å². The Morgan fingerprint density at radius 1 is 1.30 bits per heavy atom. The number of aliphatic hydroxyl groups excluding tert-OH is 1. The number of hydrogen-bond donors (Lipinski definition) is 3. The molecule has 2 aromatic rings. The number of β-amino-alcohol motifs (C(OH)–C–C–N with tert-alkyl or cyclic N) is 1. The molecular formula is C15H19N3OS. The first-order valence-corrected chi connectivity index (χ1v) is 7.80. The maximum Gasteiger partial charge on any atom is 0.107 e. The van der Waals surface area contributed by atoms with Gasteiger partial charge in [-0.2, -0.15) is 0 Å². The molecule has 1 aromatic heterocycles. The average Bonchev–Trinajstić information content (AvgIpc) is 3.10. The van der Waals surface area contributed by atoms with Crippen LogP contribution in [0, 0.1) is 5.92 Å². The summed E-state index contributed by atoms with van der Waals surface area (Å²) in [7, 11) is 0. The second-order valence-electron chi connectivity index (χ2n) is 5.11. The smallest absolute Gasteiger partial charge is 0.107 e. The van der Waals surface area contributed by atoms with Gasteiger partial charge in [0, 0.05) is 43.0 Å². The van der Waals surface area contributed by atoms with E-state index >= 15 is 0 Å². The Bertz CT molecular complexity index is 543. The molecule has 3 N–H and O–H groups in total. The van der Waals surface area contributed by atoms with Crippen LogP contribution in [0.2, 0.25) is 0 Å². The van der Waals surface area contributed by atoms with Gasteiger partial charge in [-0.1, -0.05) is 30.3 Å². The van der Waals surface area contributed by atoms with Gasteiger partial charge in [0.25, 0.3) is 0 Å². The highest BCUT2D eigenvalue weighted by Crippen LogP contribution is 2.21. The standard InChI is InChI=1S/C15H19N3OS/c19-14-8-16-6-12(14)7-17-9-15-18-13(10-20-15)11-4-2-1-3-5-11/h1-5,10,12,14,16-17,19H,6-9H2. The van der Waals surface area contributed by atoms with E-state index in [1.165, 1.54) is 0 Å². The third kappa shape index (κ3) is 3.24. The van der Waals surface area contributed by atoms with Crippen molar-refractivity contribution < 1.29 is 5.11 Å². The molecule has 3 rings (SSSR count). The predicted octanol–water partition coefficient (Wildman–Crippen LogP) is 1.48. The fourth-order valence-corrected chi connectivity index (χ4v) is 3.20. The van der Waals surface area contributed by atoms with Crippen molar-refractivity contribution >= 4 is 11.3 Å². The minimum absolute atomic E-state index is 0.223. The fourth-order valence-electron chi connectivity index (χ4n) is 2.43. The van der Waals surface area contributed by atoms with Crippen LogP contribution in [0.4, 0.5) is 0 Å². The van der Waals surface area contributed by atoms with Crippen LogP contribution < -0.4 is 10.6 Å². The molecule has 1 saturated heterocycles. The van der Waals surface area contributed by atoms with Crippen LogP contribution in [0.15, 0.2) is 35.7 Å². The predicted molar refractivity (Wildman–Crippen MR) is 81.6 cm³/mol. The van der Waals surface area contributed by atoms with Gasteiger partial charge in [-0.25, -0.2) is 4.98 Å². The summed E-state index contributed by atoms with van der Waals surface area (Å²) < 4.78 is 0. The lowest BCUT2D eigenvalue weighted by atomic mass is 10.1. The molecular weight excluding hydrogens is 270 g/mol. The molecule has 0 saturated carbocycles. The minimum atomic E-state index is -0.223. The molecule has 1 aliphatic rings. The summed E-state index contributed by atoms with van der Waals surface area (Å²) in [6.07, 6.45) is -0.223. The SMILES string of the molecule is OC1CNCC1CNCc1nc(-c2ccccc2)cs1. The van der Waals surface area contributed by atoms with Crippen molar-refractivity contribution in [3.8, 4) is 11.3 Å². The van der Waals surface area contributed by atoms with E-state index in [2.05, 4.69) is 33.1 Å². The molecule has 20 heavy (non-hydrogen) atoms. The van der Waals surface area contributed by atoms with Gasteiger partial charge in [-0.15, -0.1) is 11.3 Å². The van der Waals surface area contributed by atoms with E-state index in [1.807, 2.05) is 18.2 Å². The Balaban J connectivity index is 1.53. The zero-order valence-electron chi connectivity index (χ0n) is 11.2. The molecule has 5 heteroatoms. The highest BCUT2D eigenvalue weighted by atomic mass is 32.1. The van der Waals surface area contributed by atoms with Gasteiger partial charge in [-0.05, 0) is 0 Å².